The smallest absolute Gasteiger partial charge is 0.270 e. The fraction of sp³-hybridized carbons (Fsp3) is 0.444. The lowest BCUT2D eigenvalue weighted by molar-refractivity contribution is 0.0931. The molecule has 1 aromatic rings. The minimum Gasteiger partial charge on any atom is -0.383 e. The van der Waals surface area contributed by atoms with Crippen LogP contribution in [0, 0.1) is 6.92 Å². The first-order valence-corrected chi connectivity index (χ1v) is 4.79. The van der Waals surface area contributed by atoms with Crippen molar-refractivity contribution in [3.05, 3.63) is 22.7 Å². The molecule has 0 radical (unpaired) electrons. The number of nitrogens with zero attached hydrogens (tertiary/aromatic N) is 2. The molecule has 0 spiro atoms. The molecule has 0 atom stereocenters. The highest BCUT2D eigenvalue weighted by Gasteiger charge is 2.08. The van der Waals surface area contributed by atoms with Crippen LogP contribution in [0.5, 0.6) is 0 Å². The van der Waals surface area contributed by atoms with Gasteiger partial charge in [0.1, 0.15) is 16.7 Å². The maximum Gasteiger partial charge on any atom is 0.270 e. The first-order chi connectivity index (χ1) is 7.13. The average molecular weight is 230 g/mol. The van der Waals surface area contributed by atoms with E-state index < -0.39 is 0 Å². The van der Waals surface area contributed by atoms with Crippen LogP contribution in [-0.4, -0.2) is 36.1 Å². The van der Waals surface area contributed by atoms with Crippen LogP contribution in [0.4, 0.5) is 0 Å². The van der Waals surface area contributed by atoms with Crippen molar-refractivity contribution < 1.29 is 9.53 Å². The first-order valence-electron chi connectivity index (χ1n) is 4.42. The summed E-state index contributed by atoms with van der Waals surface area (Å²) in [7, 11) is 1.57. The largest absolute Gasteiger partial charge is 0.383 e. The van der Waals surface area contributed by atoms with Crippen LogP contribution in [0.15, 0.2) is 6.07 Å². The van der Waals surface area contributed by atoms with Gasteiger partial charge in [0.05, 0.1) is 6.61 Å². The zero-order valence-electron chi connectivity index (χ0n) is 8.58. The van der Waals surface area contributed by atoms with Crippen molar-refractivity contribution in [1.29, 1.82) is 0 Å². The van der Waals surface area contributed by atoms with Gasteiger partial charge >= 0.3 is 0 Å². The predicted molar refractivity (Wildman–Crippen MR) is 56.0 cm³/mol. The summed E-state index contributed by atoms with van der Waals surface area (Å²) in [6, 6.07) is 1.43. The van der Waals surface area contributed by atoms with Crippen LogP contribution in [-0.2, 0) is 4.74 Å². The Morgan fingerprint density at radius 2 is 2.33 bits per heavy atom. The Bertz CT molecular complexity index is 337. The molecule has 0 saturated heterocycles. The first kappa shape index (κ1) is 11.9. The van der Waals surface area contributed by atoms with Gasteiger partial charge in [-0.15, -0.1) is 0 Å². The van der Waals surface area contributed by atoms with Crippen molar-refractivity contribution in [2.45, 2.75) is 6.92 Å². The monoisotopic (exact) mass is 229 g/mol. The molecule has 0 saturated carbocycles. The Morgan fingerprint density at radius 3 is 2.93 bits per heavy atom. The molecule has 1 N–H and O–H groups in total. The van der Waals surface area contributed by atoms with Crippen molar-refractivity contribution in [2.75, 3.05) is 20.3 Å². The fourth-order valence-electron chi connectivity index (χ4n) is 1.00. The summed E-state index contributed by atoms with van der Waals surface area (Å²) < 4.78 is 4.80. The summed E-state index contributed by atoms with van der Waals surface area (Å²) in [5.41, 5.74) is 0.267. The number of aryl methyl sites for hydroxylation is 1. The number of hydrogen-bond acceptors (Lipinski definition) is 4. The molecule has 6 heteroatoms. The predicted octanol–water partition coefficient (Wildman–Crippen LogP) is 0.815. The van der Waals surface area contributed by atoms with Gasteiger partial charge in [0.15, 0.2) is 0 Å². The Kier molecular flexibility index (Phi) is 4.45. The third kappa shape index (κ3) is 3.81. The van der Waals surface area contributed by atoms with E-state index in [0.717, 1.165) is 0 Å². The van der Waals surface area contributed by atoms with E-state index in [1.807, 2.05) is 0 Å². The van der Waals surface area contributed by atoms with Gasteiger partial charge in [-0.25, -0.2) is 9.97 Å². The van der Waals surface area contributed by atoms with E-state index in [-0.39, 0.29) is 16.8 Å². The van der Waals surface area contributed by atoms with E-state index in [2.05, 4.69) is 15.3 Å². The number of rotatable bonds is 4. The van der Waals surface area contributed by atoms with Gasteiger partial charge in [-0.3, -0.25) is 4.79 Å². The molecule has 82 valence electrons. The highest BCUT2D eigenvalue weighted by Crippen LogP contribution is 2.06. The number of aromatic nitrogens is 2. The number of ether oxygens (including phenoxy) is 1. The van der Waals surface area contributed by atoms with E-state index in [1.54, 1.807) is 14.0 Å². The molecule has 0 aliphatic rings. The highest BCUT2D eigenvalue weighted by atomic mass is 35.5. The fourth-order valence-corrected chi connectivity index (χ4v) is 1.23. The van der Waals surface area contributed by atoms with Crippen LogP contribution < -0.4 is 5.32 Å². The maximum atomic E-state index is 11.5. The lowest BCUT2D eigenvalue weighted by atomic mass is 10.3. The summed E-state index contributed by atoms with van der Waals surface area (Å²) in [5, 5.41) is 2.90. The van der Waals surface area contributed by atoms with Gasteiger partial charge in [0, 0.05) is 19.7 Å². The number of carbonyl (C=O) groups is 1. The van der Waals surface area contributed by atoms with Crippen LogP contribution >= 0.6 is 11.6 Å². The Morgan fingerprint density at radius 1 is 1.60 bits per heavy atom. The molecule has 15 heavy (non-hydrogen) atoms. The van der Waals surface area contributed by atoms with Crippen molar-refractivity contribution in [1.82, 2.24) is 15.3 Å². The average Bonchev–Trinajstić information content (AvgIpc) is 2.16. The number of carbonyl (C=O) groups excluding carboxylic acids is 1. The zero-order valence-corrected chi connectivity index (χ0v) is 9.34. The molecule has 0 bridgehead atoms. The number of methoxy groups -OCH3 is 1. The van der Waals surface area contributed by atoms with E-state index in [9.17, 15) is 4.79 Å². The SMILES string of the molecule is COCCNC(=O)c1cc(Cl)nc(C)n1. The van der Waals surface area contributed by atoms with E-state index >= 15 is 0 Å². The van der Waals surface area contributed by atoms with Crippen LogP contribution in [0.1, 0.15) is 16.3 Å². The van der Waals surface area contributed by atoms with Gasteiger partial charge in [0.2, 0.25) is 0 Å². The van der Waals surface area contributed by atoms with Crippen LogP contribution in [0.3, 0.4) is 0 Å². The second kappa shape index (κ2) is 5.63. The maximum absolute atomic E-state index is 11.5. The molecule has 0 aromatic carbocycles. The van der Waals surface area contributed by atoms with Gasteiger partial charge in [-0.2, -0.15) is 0 Å². The molecular weight excluding hydrogens is 218 g/mol. The van der Waals surface area contributed by atoms with E-state index in [1.165, 1.54) is 6.07 Å². The minimum atomic E-state index is -0.278. The molecule has 0 unspecified atom stereocenters. The Hall–Kier alpha value is -1.20. The summed E-state index contributed by atoms with van der Waals surface area (Å²) in [6.45, 7) is 2.58. The number of amides is 1. The van der Waals surface area contributed by atoms with Gasteiger partial charge in [-0.1, -0.05) is 11.6 Å². The van der Waals surface area contributed by atoms with Crippen molar-refractivity contribution in [3.63, 3.8) is 0 Å². The lowest BCUT2D eigenvalue weighted by Crippen LogP contribution is -2.28. The van der Waals surface area contributed by atoms with E-state index in [4.69, 9.17) is 16.3 Å². The summed E-state index contributed by atoms with van der Waals surface area (Å²) in [5.74, 6) is 0.193. The molecule has 1 rings (SSSR count). The summed E-state index contributed by atoms with van der Waals surface area (Å²) in [4.78, 5) is 19.3. The molecule has 0 aliphatic heterocycles. The summed E-state index contributed by atoms with van der Waals surface area (Å²) >= 11 is 5.70. The van der Waals surface area contributed by atoms with Crippen LogP contribution in [0.2, 0.25) is 5.15 Å². The highest BCUT2D eigenvalue weighted by molar-refractivity contribution is 6.29. The topological polar surface area (TPSA) is 64.1 Å². The Labute approximate surface area is 92.8 Å². The minimum absolute atomic E-state index is 0.263. The molecule has 0 fully saturated rings. The number of halogens is 1. The molecule has 1 aromatic heterocycles. The molecular formula is C9H12ClN3O2. The lowest BCUT2D eigenvalue weighted by Gasteiger charge is -2.04. The van der Waals surface area contributed by atoms with Gasteiger partial charge in [0.25, 0.3) is 5.91 Å². The van der Waals surface area contributed by atoms with Gasteiger partial charge in [-0.05, 0) is 6.92 Å². The normalized spacial score (nSPS) is 10.1. The summed E-state index contributed by atoms with van der Waals surface area (Å²) in [6.07, 6.45) is 0. The zero-order chi connectivity index (χ0) is 11.3. The van der Waals surface area contributed by atoms with Crippen molar-refractivity contribution in [2.24, 2.45) is 0 Å². The van der Waals surface area contributed by atoms with Gasteiger partial charge < -0.3 is 10.1 Å². The number of hydrogen-bond donors (Lipinski definition) is 1. The third-order valence-corrected chi connectivity index (χ3v) is 1.82. The standard InChI is InChI=1S/C9H12ClN3O2/c1-6-12-7(5-8(10)13-6)9(14)11-3-4-15-2/h5H,3-4H2,1-2H3,(H,11,14). The molecule has 1 heterocycles. The quantitative estimate of drug-likeness (QED) is 0.613. The van der Waals surface area contributed by atoms with Crippen LogP contribution in [0.25, 0.3) is 0 Å². The second-order valence-corrected chi connectivity index (χ2v) is 3.26. The molecule has 1 amide bonds. The third-order valence-electron chi connectivity index (χ3n) is 1.63. The van der Waals surface area contributed by atoms with Crippen molar-refractivity contribution >= 4 is 17.5 Å². The molecule has 0 aliphatic carbocycles. The second-order valence-electron chi connectivity index (χ2n) is 2.87. The van der Waals surface area contributed by atoms with Crippen molar-refractivity contribution in [3.8, 4) is 0 Å². The van der Waals surface area contributed by atoms with E-state index in [0.29, 0.717) is 19.0 Å². The number of nitrogens with one attached hydrogen (secondary N) is 1. The molecule has 5 nitrogen and oxygen atoms in total. The Balaban J connectivity index is 2.65.